The van der Waals surface area contributed by atoms with Gasteiger partial charge in [-0.15, -0.1) is 11.8 Å². The molecule has 5 nitrogen and oxygen atoms in total. The van der Waals surface area contributed by atoms with E-state index in [-0.39, 0.29) is 48.3 Å². The number of rotatable bonds is 3. The molecule has 0 aromatic heterocycles. The van der Waals surface area contributed by atoms with Crippen molar-refractivity contribution in [3.8, 4) is 0 Å². The van der Waals surface area contributed by atoms with Gasteiger partial charge in [-0.2, -0.15) is 0 Å². The van der Waals surface area contributed by atoms with Crippen molar-refractivity contribution in [3.05, 3.63) is 23.8 Å². The lowest BCUT2D eigenvalue weighted by molar-refractivity contribution is -0.215. The van der Waals surface area contributed by atoms with Gasteiger partial charge in [0.2, 0.25) is 0 Å². The summed E-state index contributed by atoms with van der Waals surface area (Å²) in [5, 5.41) is 11.4. The number of fused-ring (bicyclic) bond motifs is 7. The molecule has 1 N–H and O–H groups in total. The molecular formula is C24H31FO5S. The zero-order chi connectivity index (χ0) is 22.4. The van der Waals surface area contributed by atoms with Gasteiger partial charge in [0.1, 0.15) is 4.93 Å². The molecule has 4 fully saturated rings. The summed E-state index contributed by atoms with van der Waals surface area (Å²) in [6, 6.07) is 0. The van der Waals surface area contributed by atoms with Crippen molar-refractivity contribution in [2.24, 2.45) is 22.7 Å². The minimum atomic E-state index is -2.03. The number of hydrogen-bond acceptors (Lipinski definition) is 6. The van der Waals surface area contributed by atoms with Gasteiger partial charge < -0.3 is 14.6 Å². The monoisotopic (exact) mass is 450 g/mol. The lowest BCUT2D eigenvalue weighted by Gasteiger charge is -2.62. The summed E-state index contributed by atoms with van der Waals surface area (Å²) < 4.78 is 30.0. The smallest absolute Gasteiger partial charge is 0.178 e. The number of hydrogen-bond donors (Lipinski definition) is 1. The lowest BCUT2D eigenvalue weighted by Crippen LogP contribution is -2.69. The Balaban J connectivity index is 1.60. The molecule has 3 saturated carbocycles. The molecule has 9 atom stereocenters. The van der Waals surface area contributed by atoms with E-state index in [0.29, 0.717) is 6.42 Å². The summed E-state index contributed by atoms with van der Waals surface area (Å²) in [5.41, 5.74) is -3.70. The number of allylic oxidation sites excluding steroid dienone is 4. The van der Waals surface area contributed by atoms with Crippen LogP contribution in [0.2, 0.25) is 0 Å². The van der Waals surface area contributed by atoms with Gasteiger partial charge >= 0.3 is 0 Å². The number of carbonyl (C=O) groups is 2. The molecule has 0 aromatic carbocycles. The summed E-state index contributed by atoms with van der Waals surface area (Å²) in [6.45, 7) is 5.82. The predicted octanol–water partition coefficient (Wildman–Crippen LogP) is 3.75. The summed E-state index contributed by atoms with van der Waals surface area (Å²) in [7, 11) is 0. The van der Waals surface area contributed by atoms with E-state index in [1.807, 2.05) is 6.26 Å². The maximum absolute atomic E-state index is 17.1. The van der Waals surface area contributed by atoms with Crippen molar-refractivity contribution in [3.63, 3.8) is 0 Å². The Bertz CT molecular complexity index is 902. The highest BCUT2D eigenvalue weighted by atomic mass is 32.2. The van der Waals surface area contributed by atoms with Crippen molar-refractivity contribution >= 4 is 23.3 Å². The number of aliphatic hydroxyl groups excluding tert-OH is 1. The molecule has 1 aliphatic heterocycles. The second-order valence-electron chi connectivity index (χ2n) is 10.3. The number of halogens is 1. The minimum Gasteiger partial charge on any atom is -0.390 e. The fourth-order valence-electron chi connectivity index (χ4n) is 7.52. The number of aliphatic hydroxyl groups is 1. The zero-order valence-electron chi connectivity index (χ0n) is 18.5. The third-order valence-electron chi connectivity index (χ3n) is 9.01. The SMILES string of the molecule is CCCC1O[C@@H]2C[C@H]3[C@@H]4CC(=O)C5=CC(=O)C=C[C@]5(C)[C@@]4(F)[C@@H](O)C[C@]3(C)[C@]2(SC)O1. The first kappa shape index (κ1) is 21.8. The standard InChI is InChI=1S/C24H31FO5S/c1-5-6-20-29-19-11-14-15-10-17(27)16-9-13(26)7-8-21(16,2)23(15,25)18(28)12-22(14,3)24(19,30-20)31-4/h7-9,14-15,18-20,28H,5-6,10-12H2,1-4H3/t14-,15-,18-,19+,20?,21-,22-,23-,24-/m0/s1. The molecule has 0 amide bonds. The highest BCUT2D eigenvalue weighted by Gasteiger charge is 2.78. The van der Waals surface area contributed by atoms with Crippen molar-refractivity contribution in [2.75, 3.05) is 6.26 Å². The van der Waals surface area contributed by atoms with Crippen molar-refractivity contribution in [1.82, 2.24) is 0 Å². The van der Waals surface area contributed by atoms with E-state index in [2.05, 4.69) is 13.8 Å². The van der Waals surface area contributed by atoms with E-state index < -0.39 is 33.5 Å². The largest absolute Gasteiger partial charge is 0.390 e. The summed E-state index contributed by atoms with van der Waals surface area (Å²) in [4.78, 5) is 24.4. The second-order valence-corrected chi connectivity index (χ2v) is 11.3. The summed E-state index contributed by atoms with van der Waals surface area (Å²) in [5.74, 6) is -1.34. The third kappa shape index (κ3) is 2.44. The van der Waals surface area contributed by atoms with Crippen LogP contribution < -0.4 is 0 Å². The fraction of sp³-hybridized carbons (Fsp3) is 0.750. The molecule has 31 heavy (non-hydrogen) atoms. The van der Waals surface area contributed by atoms with Crippen LogP contribution in [-0.4, -0.2) is 52.0 Å². The van der Waals surface area contributed by atoms with Gasteiger partial charge in [0.15, 0.2) is 23.5 Å². The van der Waals surface area contributed by atoms with Crippen LogP contribution in [0.15, 0.2) is 23.8 Å². The maximum Gasteiger partial charge on any atom is 0.178 e. The van der Waals surface area contributed by atoms with E-state index in [4.69, 9.17) is 9.47 Å². The lowest BCUT2D eigenvalue weighted by atomic mass is 9.45. The molecule has 0 spiro atoms. The molecule has 0 aromatic rings. The Morgan fingerprint density at radius 3 is 2.71 bits per heavy atom. The Hall–Kier alpha value is -1.02. The van der Waals surface area contributed by atoms with Crippen LogP contribution in [0.5, 0.6) is 0 Å². The van der Waals surface area contributed by atoms with Crippen LogP contribution in [0.1, 0.15) is 52.9 Å². The normalized spacial score (nSPS) is 53.0. The maximum atomic E-state index is 17.1. The Kier molecular flexibility index (Phi) is 4.75. The molecule has 0 radical (unpaired) electrons. The van der Waals surface area contributed by atoms with Crippen LogP contribution >= 0.6 is 11.8 Å². The molecule has 7 heteroatoms. The average Bonchev–Trinajstić information content (AvgIpc) is 3.18. The van der Waals surface area contributed by atoms with E-state index in [1.54, 1.807) is 18.7 Å². The van der Waals surface area contributed by atoms with Gasteiger partial charge in [-0.3, -0.25) is 9.59 Å². The first-order chi connectivity index (χ1) is 14.6. The first-order valence-electron chi connectivity index (χ1n) is 11.3. The van der Waals surface area contributed by atoms with Gasteiger partial charge in [0, 0.05) is 23.3 Å². The van der Waals surface area contributed by atoms with Crippen molar-refractivity contribution < 1.29 is 28.6 Å². The average molecular weight is 451 g/mol. The number of carbonyl (C=O) groups excluding carboxylic acids is 2. The molecule has 1 saturated heterocycles. The van der Waals surface area contributed by atoms with Gasteiger partial charge in [0.25, 0.3) is 0 Å². The van der Waals surface area contributed by atoms with Crippen LogP contribution in [0, 0.1) is 22.7 Å². The molecule has 5 aliphatic rings. The summed E-state index contributed by atoms with van der Waals surface area (Å²) >= 11 is 1.59. The van der Waals surface area contributed by atoms with Crippen LogP contribution in [-0.2, 0) is 19.1 Å². The predicted molar refractivity (Wildman–Crippen MR) is 115 cm³/mol. The number of Topliss-reactive ketones (excluding diaryl/α,β-unsaturated/α-hetero) is 1. The fourth-order valence-corrected chi connectivity index (χ4v) is 8.84. The van der Waals surface area contributed by atoms with E-state index in [9.17, 15) is 14.7 Å². The number of alkyl halides is 1. The van der Waals surface area contributed by atoms with Gasteiger partial charge in [-0.1, -0.05) is 26.3 Å². The van der Waals surface area contributed by atoms with Crippen LogP contribution in [0.4, 0.5) is 4.39 Å². The number of thioether (sulfide) groups is 1. The topological polar surface area (TPSA) is 72.8 Å². The van der Waals surface area contributed by atoms with E-state index >= 15 is 4.39 Å². The summed E-state index contributed by atoms with van der Waals surface area (Å²) in [6.07, 6.45) is 6.86. The van der Waals surface area contributed by atoms with Crippen LogP contribution in [0.25, 0.3) is 0 Å². The van der Waals surface area contributed by atoms with Crippen LogP contribution in [0.3, 0.4) is 0 Å². The van der Waals surface area contributed by atoms with Gasteiger partial charge in [-0.25, -0.2) is 4.39 Å². The van der Waals surface area contributed by atoms with Crippen molar-refractivity contribution in [1.29, 1.82) is 0 Å². The molecule has 4 aliphatic carbocycles. The van der Waals surface area contributed by atoms with E-state index in [1.165, 1.54) is 18.2 Å². The Labute approximate surface area is 186 Å². The Morgan fingerprint density at radius 2 is 2.03 bits per heavy atom. The highest BCUT2D eigenvalue weighted by Crippen LogP contribution is 2.73. The molecule has 1 unspecified atom stereocenters. The molecule has 1 heterocycles. The first-order valence-corrected chi connectivity index (χ1v) is 12.5. The molecule has 0 bridgehead atoms. The third-order valence-corrected chi connectivity index (χ3v) is 10.4. The molecular weight excluding hydrogens is 419 g/mol. The minimum absolute atomic E-state index is 0.00801. The number of ketones is 2. The van der Waals surface area contributed by atoms with Gasteiger partial charge in [0.05, 0.1) is 17.6 Å². The molecule has 5 rings (SSSR count). The highest BCUT2D eigenvalue weighted by molar-refractivity contribution is 7.99. The zero-order valence-corrected chi connectivity index (χ0v) is 19.3. The number of ether oxygens (including phenoxy) is 2. The van der Waals surface area contributed by atoms with E-state index in [0.717, 1.165) is 12.8 Å². The Morgan fingerprint density at radius 1 is 1.29 bits per heavy atom. The van der Waals surface area contributed by atoms with Crippen molar-refractivity contribution in [2.45, 2.75) is 82.0 Å². The molecule has 170 valence electrons. The quantitative estimate of drug-likeness (QED) is 0.706. The van der Waals surface area contributed by atoms with Gasteiger partial charge in [-0.05, 0) is 50.5 Å². The second kappa shape index (κ2) is 6.75.